The zero-order valence-corrected chi connectivity index (χ0v) is 19.5. The number of hydrogen-bond donors (Lipinski definition) is 4. The topological polar surface area (TPSA) is 96.2 Å². The predicted octanol–water partition coefficient (Wildman–Crippen LogP) is 4.85. The molecule has 34 heavy (non-hydrogen) atoms. The van der Waals surface area contributed by atoms with E-state index in [0.29, 0.717) is 47.1 Å². The fraction of sp³-hybridized carbons (Fsp3) is 0.214. The second-order valence-electron chi connectivity index (χ2n) is 8.79. The van der Waals surface area contributed by atoms with Crippen LogP contribution in [0.1, 0.15) is 47.3 Å². The maximum atomic E-state index is 13.1. The van der Waals surface area contributed by atoms with Crippen molar-refractivity contribution in [3.63, 3.8) is 0 Å². The normalized spacial score (nSPS) is 13.9. The molecule has 1 aliphatic rings. The Morgan fingerprint density at radius 1 is 0.971 bits per heavy atom. The highest BCUT2D eigenvalue weighted by atomic mass is 16.2. The molecule has 1 heterocycles. The van der Waals surface area contributed by atoms with Gasteiger partial charge in [0.15, 0.2) is 0 Å². The fourth-order valence-corrected chi connectivity index (χ4v) is 3.89. The highest BCUT2D eigenvalue weighted by Gasteiger charge is 2.29. The molecule has 3 aromatic rings. The summed E-state index contributed by atoms with van der Waals surface area (Å²) in [6.07, 6.45) is 0.910. The highest BCUT2D eigenvalue weighted by Crippen LogP contribution is 2.38. The van der Waals surface area contributed by atoms with E-state index in [1.165, 1.54) is 0 Å². The van der Waals surface area contributed by atoms with Gasteiger partial charge in [-0.05, 0) is 53.8 Å². The molecule has 6 heteroatoms. The van der Waals surface area contributed by atoms with Crippen LogP contribution in [0.25, 0.3) is 11.3 Å². The number of nitrogens with two attached hydrogens (primary N) is 1. The van der Waals surface area contributed by atoms with Crippen molar-refractivity contribution in [2.24, 2.45) is 11.7 Å². The van der Waals surface area contributed by atoms with Crippen molar-refractivity contribution < 1.29 is 9.59 Å². The molecule has 5 N–H and O–H groups in total. The van der Waals surface area contributed by atoms with Crippen molar-refractivity contribution in [1.82, 2.24) is 5.32 Å². The monoisotopic (exact) mass is 454 g/mol. The van der Waals surface area contributed by atoms with Gasteiger partial charge in [-0.15, -0.1) is 0 Å². The van der Waals surface area contributed by atoms with Gasteiger partial charge >= 0.3 is 0 Å². The maximum Gasteiger partial charge on any atom is 0.258 e. The first kappa shape index (κ1) is 23.3. The van der Waals surface area contributed by atoms with Crippen LogP contribution in [0.15, 0.2) is 72.8 Å². The molecule has 0 saturated carbocycles. The Morgan fingerprint density at radius 2 is 1.71 bits per heavy atom. The minimum absolute atomic E-state index is 0.145. The minimum atomic E-state index is -0.211. The number of fused-ring (bicyclic) bond motifs is 1. The van der Waals surface area contributed by atoms with E-state index in [1.807, 2.05) is 54.6 Å². The molecule has 1 aliphatic heterocycles. The molecule has 3 aromatic carbocycles. The summed E-state index contributed by atoms with van der Waals surface area (Å²) in [6, 6.07) is 22.8. The Morgan fingerprint density at radius 3 is 2.38 bits per heavy atom. The number of anilines is 2. The molecule has 0 fully saturated rings. The first-order valence-corrected chi connectivity index (χ1v) is 11.6. The number of amides is 2. The van der Waals surface area contributed by atoms with Gasteiger partial charge in [-0.25, -0.2) is 0 Å². The summed E-state index contributed by atoms with van der Waals surface area (Å²) in [5.41, 5.74) is 11.6. The Hall–Kier alpha value is -3.90. The van der Waals surface area contributed by atoms with Crippen LogP contribution in [0.3, 0.4) is 0 Å². The average molecular weight is 455 g/mol. The van der Waals surface area contributed by atoms with Gasteiger partial charge in [-0.1, -0.05) is 56.3 Å². The molecule has 0 radical (unpaired) electrons. The second-order valence-corrected chi connectivity index (χ2v) is 8.79. The molecule has 0 bridgehead atoms. The number of carbonyl (C=O) groups excluding carboxylic acids is 2. The number of rotatable bonds is 8. The van der Waals surface area contributed by atoms with Gasteiger partial charge in [-0.3, -0.25) is 9.59 Å². The van der Waals surface area contributed by atoms with Crippen LogP contribution in [-0.2, 0) is 11.3 Å². The quantitative estimate of drug-likeness (QED) is 0.366. The van der Waals surface area contributed by atoms with E-state index in [0.717, 1.165) is 23.2 Å². The molecule has 0 spiro atoms. The Bertz CT molecular complexity index is 1210. The standard InChI is InChI=1S/C28H30N4O2/c1-18(2)14-15-30-27(33)21-10-13-24-23(16-21)25(28(34)32-24)26(20-6-4-3-5-7-20)31-22-11-8-19(17-29)9-12-22/h3-13,16,18,31H,14-15,17,29H2,1-2H3,(H,30,33)(H,32,34)/b26-25-. The van der Waals surface area contributed by atoms with E-state index in [2.05, 4.69) is 29.8 Å². The summed E-state index contributed by atoms with van der Waals surface area (Å²) >= 11 is 0. The van der Waals surface area contributed by atoms with E-state index in [9.17, 15) is 9.59 Å². The zero-order valence-electron chi connectivity index (χ0n) is 19.5. The molecule has 0 saturated heterocycles. The summed E-state index contributed by atoms with van der Waals surface area (Å²) < 4.78 is 0. The van der Waals surface area contributed by atoms with Crippen molar-refractivity contribution in [2.45, 2.75) is 26.8 Å². The smallest absolute Gasteiger partial charge is 0.258 e. The second kappa shape index (κ2) is 10.4. The third-order valence-corrected chi connectivity index (χ3v) is 5.81. The molecule has 0 unspecified atom stereocenters. The number of nitrogens with one attached hydrogen (secondary N) is 3. The number of carbonyl (C=O) groups is 2. The molecule has 4 rings (SSSR count). The van der Waals surface area contributed by atoms with Crippen LogP contribution < -0.4 is 21.7 Å². The number of benzene rings is 3. The third-order valence-electron chi connectivity index (χ3n) is 5.81. The largest absolute Gasteiger partial charge is 0.354 e. The summed E-state index contributed by atoms with van der Waals surface area (Å²) in [6.45, 7) is 5.32. The average Bonchev–Trinajstić information content (AvgIpc) is 3.17. The lowest BCUT2D eigenvalue weighted by atomic mass is 9.98. The lowest BCUT2D eigenvalue weighted by molar-refractivity contribution is -0.110. The SMILES string of the molecule is CC(C)CCNC(=O)c1ccc2c(c1)/C(=C(/Nc1ccc(CN)cc1)c1ccccc1)C(=O)N2. The summed E-state index contributed by atoms with van der Waals surface area (Å²) in [5.74, 6) is 0.154. The molecule has 174 valence electrons. The van der Waals surface area contributed by atoms with Crippen molar-refractivity contribution in [2.75, 3.05) is 17.2 Å². The molecular formula is C28H30N4O2. The predicted molar refractivity (Wildman–Crippen MR) is 138 cm³/mol. The summed E-state index contributed by atoms with van der Waals surface area (Å²) in [7, 11) is 0. The van der Waals surface area contributed by atoms with Crippen LogP contribution in [0.5, 0.6) is 0 Å². The minimum Gasteiger partial charge on any atom is -0.354 e. The van der Waals surface area contributed by atoms with Gasteiger partial charge in [0.05, 0.1) is 11.3 Å². The van der Waals surface area contributed by atoms with Gasteiger partial charge in [0.2, 0.25) is 0 Å². The number of hydrogen-bond acceptors (Lipinski definition) is 4. The Balaban J connectivity index is 1.75. The van der Waals surface area contributed by atoms with Gasteiger partial charge < -0.3 is 21.7 Å². The zero-order chi connectivity index (χ0) is 24.1. The van der Waals surface area contributed by atoms with Crippen molar-refractivity contribution in [3.8, 4) is 0 Å². The molecular weight excluding hydrogens is 424 g/mol. The van der Waals surface area contributed by atoms with E-state index in [4.69, 9.17) is 5.73 Å². The van der Waals surface area contributed by atoms with Crippen LogP contribution in [0, 0.1) is 5.92 Å². The third kappa shape index (κ3) is 5.18. The van der Waals surface area contributed by atoms with Crippen molar-refractivity contribution in [1.29, 1.82) is 0 Å². The summed E-state index contributed by atoms with van der Waals surface area (Å²) in [5, 5.41) is 9.35. The fourth-order valence-electron chi connectivity index (χ4n) is 3.89. The first-order chi connectivity index (χ1) is 16.5. The summed E-state index contributed by atoms with van der Waals surface area (Å²) in [4.78, 5) is 25.9. The van der Waals surface area contributed by atoms with Gasteiger partial charge in [0, 0.05) is 35.6 Å². The van der Waals surface area contributed by atoms with Crippen LogP contribution in [-0.4, -0.2) is 18.4 Å². The van der Waals surface area contributed by atoms with Gasteiger partial charge in [0.25, 0.3) is 11.8 Å². The lowest BCUT2D eigenvalue weighted by Gasteiger charge is -2.15. The maximum absolute atomic E-state index is 13.1. The molecule has 2 amide bonds. The lowest BCUT2D eigenvalue weighted by Crippen LogP contribution is -2.25. The van der Waals surface area contributed by atoms with Crippen LogP contribution in [0.4, 0.5) is 11.4 Å². The van der Waals surface area contributed by atoms with E-state index >= 15 is 0 Å². The molecule has 0 aliphatic carbocycles. The molecule has 0 aromatic heterocycles. The van der Waals surface area contributed by atoms with E-state index in [1.54, 1.807) is 18.2 Å². The van der Waals surface area contributed by atoms with E-state index in [-0.39, 0.29) is 11.8 Å². The van der Waals surface area contributed by atoms with Crippen LogP contribution >= 0.6 is 0 Å². The Kier molecular flexibility index (Phi) is 7.09. The molecule has 6 nitrogen and oxygen atoms in total. The van der Waals surface area contributed by atoms with Crippen molar-refractivity contribution in [3.05, 3.63) is 95.1 Å². The first-order valence-electron chi connectivity index (χ1n) is 11.6. The Labute approximate surface area is 200 Å². The van der Waals surface area contributed by atoms with Crippen LogP contribution in [0.2, 0.25) is 0 Å². The highest BCUT2D eigenvalue weighted by molar-refractivity contribution is 6.37. The van der Waals surface area contributed by atoms with Gasteiger partial charge in [-0.2, -0.15) is 0 Å². The van der Waals surface area contributed by atoms with Crippen molar-refractivity contribution >= 4 is 34.5 Å². The van der Waals surface area contributed by atoms with E-state index < -0.39 is 0 Å². The molecule has 0 atom stereocenters. The van der Waals surface area contributed by atoms with Gasteiger partial charge in [0.1, 0.15) is 0 Å².